The minimum atomic E-state index is 0.571. The van der Waals surface area contributed by atoms with Gasteiger partial charge in [-0.05, 0) is 35.7 Å². The topological polar surface area (TPSA) is 37.8 Å². The largest absolute Gasteiger partial charge is 0.351 e. The lowest BCUT2D eigenvalue weighted by Crippen LogP contribution is -2.05. The number of nitrogens with zero attached hydrogens (tertiary/aromatic N) is 2. The molecule has 3 aromatic rings. The lowest BCUT2D eigenvalue weighted by Gasteiger charge is -2.06. The van der Waals surface area contributed by atoms with Crippen LogP contribution in [-0.4, -0.2) is 16.0 Å². The molecule has 0 saturated heterocycles. The van der Waals surface area contributed by atoms with Crippen LogP contribution in [0.4, 0.5) is 5.95 Å². The van der Waals surface area contributed by atoms with E-state index in [9.17, 15) is 0 Å². The highest BCUT2D eigenvalue weighted by atomic mass is 15.1. The van der Waals surface area contributed by atoms with Gasteiger partial charge in [0.25, 0.3) is 0 Å². The van der Waals surface area contributed by atoms with Crippen molar-refractivity contribution in [1.82, 2.24) is 9.97 Å². The highest BCUT2D eigenvalue weighted by molar-refractivity contribution is 5.86. The van der Waals surface area contributed by atoms with E-state index in [4.69, 9.17) is 0 Å². The van der Waals surface area contributed by atoms with Crippen molar-refractivity contribution < 1.29 is 0 Å². The zero-order chi connectivity index (χ0) is 13.4. The molecule has 1 fully saturated rings. The fourth-order valence-corrected chi connectivity index (χ4v) is 2.35. The summed E-state index contributed by atoms with van der Waals surface area (Å²) in [7, 11) is 0. The van der Waals surface area contributed by atoms with Gasteiger partial charge in [0.2, 0.25) is 5.95 Å². The van der Waals surface area contributed by atoms with Crippen molar-refractivity contribution in [1.29, 1.82) is 0 Å². The van der Waals surface area contributed by atoms with E-state index in [1.54, 1.807) is 0 Å². The molecule has 2 aromatic carbocycles. The molecule has 0 aliphatic heterocycles. The Hall–Kier alpha value is -2.42. The van der Waals surface area contributed by atoms with E-state index < -0.39 is 0 Å². The Labute approximate surface area is 117 Å². The highest BCUT2D eigenvalue weighted by Gasteiger charge is 2.21. The number of nitrogens with one attached hydrogen (secondary N) is 1. The van der Waals surface area contributed by atoms with Crippen molar-refractivity contribution in [3.63, 3.8) is 0 Å². The Morgan fingerprint density at radius 3 is 2.65 bits per heavy atom. The number of hydrogen-bond acceptors (Lipinski definition) is 3. The van der Waals surface area contributed by atoms with Crippen LogP contribution in [-0.2, 0) is 0 Å². The molecule has 20 heavy (non-hydrogen) atoms. The molecular weight excluding hydrogens is 246 g/mol. The monoisotopic (exact) mass is 261 g/mol. The van der Waals surface area contributed by atoms with Gasteiger partial charge in [-0.25, -0.2) is 9.97 Å². The third-order valence-electron chi connectivity index (χ3n) is 3.61. The van der Waals surface area contributed by atoms with Crippen LogP contribution in [0.3, 0.4) is 0 Å². The van der Waals surface area contributed by atoms with E-state index in [2.05, 4.69) is 57.7 Å². The molecule has 4 rings (SSSR count). The summed E-state index contributed by atoms with van der Waals surface area (Å²) in [5.41, 5.74) is 2.10. The van der Waals surface area contributed by atoms with E-state index in [0.29, 0.717) is 6.04 Å². The molecule has 1 heterocycles. The van der Waals surface area contributed by atoms with Crippen molar-refractivity contribution in [3.8, 4) is 11.3 Å². The number of rotatable bonds is 3. The molecule has 1 aromatic heterocycles. The van der Waals surface area contributed by atoms with Crippen LogP contribution < -0.4 is 5.32 Å². The van der Waals surface area contributed by atoms with Crippen LogP contribution in [0, 0.1) is 0 Å². The van der Waals surface area contributed by atoms with Crippen molar-refractivity contribution in [2.24, 2.45) is 0 Å². The zero-order valence-electron chi connectivity index (χ0n) is 11.1. The van der Waals surface area contributed by atoms with Gasteiger partial charge in [-0.1, -0.05) is 36.4 Å². The average Bonchev–Trinajstić information content (AvgIpc) is 3.31. The molecule has 0 radical (unpaired) electrons. The first-order valence-electron chi connectivity index (χ1n) is 6.97. The van der Waals surface area contributed by atoms with Gasteiger partial charge in [0.05, 0.1) is 5.69 Å². The minimum Gasteiger partial charge on any atom is -0.351 e. The van der Waals surface area contributed by atoms with E-state index >= 15 is 0 Å². The van der Waals surface area contributed by atoms with Gasteiger partial charge < -0.3 is 5.32 Å². The SMILES string of the molecule is c1ccc2cc(-c3ccnc(NC4CC4)n3)ccc2c1. The number of aromatic nitrogens is 2. The molecular formula is C17H15N3. The van der Waals surface area contributed by atoms with Crippen LogP contribution in [0.15, 0.2) is 54.7 Å². The van der Waals surface area contributed by atoms with Gasteiger partial charge in [-0.2, -0.15) is 0 Å². The summed E-state index contributed by atoms with van der Waals surface area (Å²) in [6, 6.07) is 17.3. The molecule has 0 bridgehead atoms. The Kier molecular flexibility index (Phi) is 2.62. The first kappa shape index (κ1) is 11.4. The first-order chi connectivity index (χ1) is 9.88. The van der Waals surface area contributed by atoms with Crippen LogP contribution in [0.5, 0.6) is 0 Å². The molecule has 3 heteroatoms. The Morgan fingerprint density at radius 1 is 0.950 bits per heavy atom. The predicted octanol–water partition coefficient (Wildman–Crippen LogP) is 3.87. The van der Waals surface area contributed by atoms with Crippen molar-refractivity contribution >= 4 is 16.7 Å². The molecule has 1 saturated carbocycles. The maximum Gasteiger partial charge on any atom is 0.223 e. The van der Waals surface area contributed by atoms with E-state index in [0.717, 1.165) is 17.2 Å². The molecule has 3 nitrogen and oxygen atoms in total. The fourth-order valence-electron chi connectivity index (χ4n) is 2.35. The minimum absolute atomic E-state index is 0.571. The molecule has 0 atom stereocenters. The Morgan fingerprint density at radius 2 is 1.80 bits per heavy atom. The van der Waals surface area contributed by atoms with Crippen LogP contribution in [0.2, 0.25) is 0 Å². The second kappa shape index (κ2) is 4.60. The standard InChI is InChI=1S/C17H15N3/c1-2-4-13-11-14(6-5-12(13)3-1)16-9-10-18-17(20-16)19-15-7-8-15/h1-6,9-11,15H,7-8H2,(H,18,19,20). The average molecular weight is 261 g/mol. The lowest BCUT2D eigenvalue weighted by molar-refractivity contribution is 1.06. The normalized spacial score (nSPS) is 14.4. The third kappa shape index (κ3) is 2.23. The summed E-state index contributed by atoms with van der Waals surface area (Å²) >= 11 is 0. The van der Waals surface area contributed by atoms with Gasteiger partial charge >= 0.3 is 0 Å². The summed E-state index contributed by atoms with van der Waals surface area (Å²) < 4.78 is 0. The molecule has 1 aliphatic rings. The second-order valence-electron chi connectivity index (χ2n) is 5.25. The third-order valence-corrected chi connectivity index (χ3v) is 3.61. The predicted molar refractivity (Wildman–Crippen MR) is 81.6 cm³/mol. The Balaban J connectivity index is 1.73. The molecule has 0 amide bonds. The van der Waals surface area contributed by atoms with E-state index in [1.165, 1.54) is 23.6 Å². The van der Waals surface area contributed by atoms with Crippen molar-refractivity contribution in [3.05, 3.63) is 54.7 Å². The summed E-state index contributed by atoms with van der Waals surface area (Å²) in [6.45, 7) is 0. The Bertz CT molecular complexity index is 763. The molecule has 1 aliphatic carbocycles. The van der Waals surface area contributed by atoms with Gasteiger partial charge in [-0.15, -0.1) is 0 Å². The summed E-state index contributed by atoms with van der Waals surface area (Å²) in [5.74, 6) is 0.734. The van der Waals surface area contributed by atoms with Gasteiger partial charge in [0, 0.05) is 17.8 Å². The van der Waals surface area contributed by atoms with Gasteiger partial charge in [0.1, 0.15) is 0 Å². The quantitative estimate of drug-likeness (QED) is 0.777. The van der Waals surface area contributed by atoms with Crippen molar-refractivity contribution in [2.45, 2.75) is 18.9 Å². The summed E-state index contributed by atoms with van der Waals surface area (Å²) in [5, 5.41) is 5.83. The van der Waals surface area contributed by atoms with E-state index in [1.807, 2.05) is 12.3 Å². The molecule has 1 N–H and O–H groups in total. The fraction of sp³-hybridized carbons (Fsp3) is 0.176. The zero-order valence-corrected chi connectivity index (χ0v) is 11.1. The smallest absolute Gasteiger partial charge is 0.223 e. The van der Waals surface area contributed by atoms with Crippen molar-refractivity contribution in [2.75, 3.05) is 5.32 Å². The van der Waals surface area contributed by atoms with Gasteiger partial charge in [-0.3, -0.25) is 0 Å². The highest BCUT2D eigenvalue weighted by Crippen LogP contribution is 2.26. The second-order valence-corrected chi connectivity index (χ2v) is 5.25. The van der Waals surface area contributed by atoms with E-state index in [-0.39, 0.29) is 0 Å². The number of fused-ring (bicyclic) bond motifs is 1. The lowest BCUT2D eigenvalue weighted by atomic mass is 10.1. The number of benzene rings is 2. The maximum atomic E-state index is 4.61. The molecule has 98 valence electrons. The summed E-state index contributed by atoms with van der Waals surface area (Å²) in [6.07, 6.45) is 4.27. The van der Waals surface area contributed by atoms with Crippen LogP contribution in [0.25, 0.3) is 22.0 Å². The maximum absolute atomic E-state index is 4.61. The number of hydrogen-bond donors (Lipinski definition) is 1. The molecule has 0 unspecified atom stereocenters. The summed E-state index contributed by atoms with van der Waals surface area (Å²) in [4.78, 5) is 8.89. The van der Waals surface area contributed by atoms with Gasteiger partial charge in [0.15, 0.2) is 0 Å². The molecule has 0 spiro atoms. The number of anilines is 1. The van der Waals surface area contributed by atoms with Crippen LogP contribution in [0.1, 0.15) is 12.8 Å². The first-order valence-corrected chi connectivity index (χ1v) is 6.97. The van der Waals surface area contributed by atoms with Crippen LogP contribution >= 0.6 is 0 Å².